The number of hydrogen-bond donors (Lipinski definition) is 1. The minimum Gasteiger partial charge on any atom is -0.465 e. The number of ether oxygens (including phenoxy) is 1. The summed E-state index contributed by atoms with van der Waals surface area (Å²) in [5, 5.41) is 2.18. The number of halogens is 1. The number of hydrogen-bond acceptors (Lipinski definition) is 6. The highest BCUT2D eigenvalue weighted by Gasteiger charge is 2.37. The number of rotatable bonds is 4. The van der Waals surface area contributed by atoms with Crippen molar-refractivity contribution in [1.82, 2.24) is 5.32 Å². The van der Waals surface area contributed by atoms with E-state index in [4.69, 9.17) is 9.15 Å². The number of urea groups is 1. The average molecular weight is 509 g/mol. The molecular formula is C24H17BrN2O6. The summed E-state index contributed by atoms with van der Waals surface area (Å²) in [5.41, 5.74) is 1.56. The maximum absolute atomic E-state index is 13.1. The second-order valence-corrected chi connectivity index (χ2v) is 8.04. The van der Waals surface area contributed by atoms with Crippen LogP contribution in [0, 0.1) is 6.92 Å². The highest BCUT2D eigenvalue weighted by molar-refractivity contribution is 9.10. The van der Waals surface area contributed by atoms with Gasteiger partial charge in [0, 0.05) is 10.0 Å². The molecule has 9 heteroatoms. The molecule has 0 radical (unpaired) electrons. The number of aryl methyl sites for hydroxylation is 1. The largest absolute Gasteiger partial charge is 0.465 e. The van der Waals surface area contributed by atoms with E-state index in [0.29, 0.717) is 28.1 Å². The Morgan fingerprint density at radius 3 is 2.58 bits per heavy atom. The Hall–Kier alpha value is -3.98. The number of barbiturate groups is 1. The van der Waals surface area contributed by atoms with Crippen molar-refractivity contribution in [2.75, 3.05) is 12.0 Å². The predicted molar refractivity (Wildman–Crippen MR) is 123 cm³/mol. The molecule has 33 heavy (non-hydrogen) atoms. The molecule has 1 saturated heterocycles. The average Bonchev–Trinajstić information content (AvgIpc) is 3.26. The number of carbonyl (C=O) groups is 4. The van der Waals surface area contributed by atoms with Crippen LogP contribution in [0.3, 0.4) is 0 Å². The molecule has 1 aliphatic rings. The molecule has 166 valence electrons. The molecule has 1 N–H and O–H groups in total. The zero-order chi connectivity index (χ0) is 23.7. The normalized spacial score (nSPS) is 15.1. The van der Waals surface area contributed by atoms with Crippen LogP contribution in [-0.4, -0.2) is 30.9 Å². The Balaban J connectivity index is 1.71. The lowest BCUT2D eigenvalue weighted by atomic mass is 10.1. The van der Waals surface area contributed by atoms with E-state index in [1.807, 2.05) is 0 Å². The smallest absolute Gasteiger partial charge is 0.338 e. The number of carbonyl (C=O) groups excluding carboxylic acids is 4. The molecule has 3 aromatic rings. The van der Waals surface area contributed by atoms with Gasteiger partial charge >= 0.3 is 12.0 Å². The Kier molecular flexibility index (Phi) is 5.97. The van der Waals surface area contributed by atoms with Gasteiger partial charge in [0.1, 0.15) is 17.1 Å². The van der Waals surface area contributed by atoms with Crippen molar-refractivity contribution >= 4 is 51.5 Å². The molecule has 1 aromatic heterocycles. The summed E-state index contributed by atoms with van der Waals surface area (Å²) >= 11 is 3.35. The number of esters is 1. The number of imide groups is 2. The first-order chi connectivity index (χ1) is 15.8. The minimum absolute atomic E-state index is 0.199. The Morgan fingerprint density at radius 2 is 1.85 bits per heavy atom. The fourth-order valence-corrected chi connectivity index (χ4v) is 3.92. The van der Waals surface area contributed by atoms with Gasteiger partial charge in [0.2, 0.25) is 0 Å². The number of amides is 4. The number of benzene rings is 2. The van der Waals surface area contributed by atoms with Gasteiger partial charge in [-0.2, -0.15) is 0 Å². The molecule has 0 saturated carbocycles. The fourth-order valence-electron chi connectivity index (χ4n) is 3.45. The number of nitrogens with one attached hydrogen (secondary N) is 1. The summed E-state index contributed by atoms with van der Waals surface area (Å²) in [6.45, 7) is 1.75. The summed E-state index contributed by atoms with van der Waals surface area (Å²) in [6, 6.07) is 14.1. The van der Waals surface area contributed by atoms with Crippen molar-refractivity contribution < 1.29 is 28.3 Å². The lowest BCUT2D eigenvalue weighted by Gasteiger charge is -2.27. The van der Waals surface area contributed by atoms with Crippen LogP contribution in [0.15, 0.2) is 69.1 Å². The van der Waals surface area contributed by atoms with Crippen LogP contribution in [0.25, 0.3) is 17.4 Å². The standard InChI is InChI=1S/C24H17BrN2O6/c1-13-11-14(25)7-9-19(13)27-22(29)18(21(28)26-24(27)31)12-15-8-10-20(33-15)16-5-3-4-6-17(16)23(30)32-2/h3-12H,1-2H3,(H,26,28,31)/b18-12-. The lowest BCUT2D eigenvalue weighted by molar-refractivity contribution is -0.122. The van der Waals surface area contributed by atoms with Gasteiger partial charge in [0.05, 0.1) is 18.4 Å². The number of furan rings is 1. The van der Waals surface area contributed by atoms with Crippen molar-refractivity contribution in [2.45, 2.75) is 6.92 Å². The summed E-state index contributed by atoms with van der Waals surface area (Å²) in [4.78, 5) is 50.9. The highest BCUT2D eigenvalue weighted by atomic mass is 79.9. The topological polar surface area (TPSA) is 106 Å². The zero-order valence-electron chi connectivity index (χ0n) is 17.5. The molecule has 2 aromatic carbocycles. The second kappa shape index (κ2) is 8.87. The maximum atomic E-state index is 13.1. The third-order valence-corrected chi connectivity index (χ3v) is 5.51. The number of nitrogens with zero attached hydrogens (tertiary/aromatic N) is 1. The van der Waals surface area contributed by atoms with Crippen LogP contribution >= 0.6 is 15.9 Å². The summed E-state index contributed by atoms with van der Waals surface area (Å²) in [7, 11) is 1.28. The van der Waals surface area contributed by atoms with E-state index in [1.165, 1.54) is 13.2 Å². The first-order valence-electron chi connectivity index (χ1n) is 9.75. The molecule has 0 unspecified atom stereocenters. The summed E-state index contributed by atoms with van der Waals surface area (Å²) < 4.78 is 11.4. The third-order valence-electron chi connectivity index (χ3n) is 5.01. The Labute approximate surface area is 197 Å². The minimum atomic E-state index is -0.834. The van der Waals surface area contributed by atoms with Crippen LogP contribution in [0.5, 0.6) is 0 Å². The van der Waals surface area contributed by atoms with E-state index in [-0.39, 0.29) is 11.3 Å². The van der Waals surface area contributed by atoms with Crippen molar-refractivity contribution in [3.8, 4) is 11.3 Å². The van der Waals surface area contributed by atoms with Gasteiger partial charge in [-0.15, -0.1) is 0 Å². The van der Waals surface area contributed by atoms with Crippen LogP contribution in [0.4, 0.5) is 10.5 Å². The maximum Gasteiger partial charge on any atom is 0.338 e. The molecule has 2 heterocycles. The van der Waals surface area contributed by atoms with Crippen LogP contribution in [0.2, 0.25) is 0 Å². The predicted octanol–water partition coefficient (Wildman–Crippen LogP) is 4.47. The number of anilines is 1. The molecule has 0 aliphatic carbocycles. The first-order valence-corrected chi connectivity index (χ1v) is 10.5. The Morgan fingerprint density at radius 1 is 1.09 bits per heavy atom. The van der Waals surface area contributed by atoms with Gasteiger partial charge < -0.3 is 9.15 Å². The fraction of sp³-hybridized carbons (Fsp3) is 0.0833. The third kappa shape index (κ3) is 4.22. The lowest BCUT2D eigenvalue weighted by Crippen LogP contribution is -2.54. The van der Waals surface area contributed by atoms with Crippen molar-refractivity contribution in [3.05, 3.63) is 81.5 Å². The van der Waals surface area contributed by atoms with Crippen LogP contribution in [0.1, 0.15) is 21.7 Å². The highest BCUT2D eigenvalue weighted by Crippen LogP contribution is 2.30. The quantitative estimate of drug-likeness (QED) is 0.316. The molecular weight excluding hydrogens is 492 g/mol. The molecule has 0 atom stereocenters. The molecule has 8 nitrogen and oxygen atoms in total. The van der Waals surface area contributed by atoms with Gasteiger partial charge in [0.25, 0.3) is 11.8 Å². The van der Waals surface area contributed by atoms with Gasteiger partial charge in [-0.3, -0.25) is 14.9 Å². The van der Waals surface area contributed by atoms with Crippen LogP contribution < -0.4 is 10.2 Å². The zero-order valence-corrected chi connectivity index (χ0v) is 19.1. The molecule has 1 fully saturated rings. The first kappa shape index (κ1) is 22.2. The van der Waals surface area contributed by atoms with E-state index < -0.39 is 23.8 Å². The van der Waals surface area contributed by atoms with Gasteiger partial charge in [0.15, 0.2) is 0 Å². The van der Waals surface area contributed by atoms with E-state index in [9.17, 15) is 19.2 Å². The SMILES string of the molecule is COC(=O)c1ccccc1-c1ccc(/C=C2/C(=O)NC(=O)N(c3ccc(Br)cc3C)C2=O)o1. The Bertz CT molecular complexity index is 1340. The summed E-state index contributed by atoms with van der Waals surface area (Å²) in [6.07, 6.45) is 1.26. The van der Waals surface area contributed by atoms with Crippen molar-refractivity contribution in [1.29, 1.82) is 0 Å². The van der Waals surface area contributed by atoms with Gasteiger partial charge in [-0.05, 0) is 55.0 Å². The van der Waals surface area contributed by atoms with E-state index >= 15 is 0 Å². The van der Waals surface area contributed by atoms with E-state index in [2.05, 4.69) is 21.2 Å². The molecule has 1 aliphatic heterocycles. The van der Waals surface area contributed by atoms with Crippen molar-refractivity contribution in [3.63, 3.8) is 0 Å². The molecule has 0 bridgehead atoms. The van der Waals surface area contributed by atoms with E-state index in [0.717, 1.165) is 9.37 Å². The van der Waals surface area contributed by atoms with E-state index in [1.54, 1.807) is 61.5 Å². The van der Waals surface area contributed by atoms with Gasteiger partial charge in [-0.1, -0.05) is 34.1 Å². The molecule has 4 amide bonds. The number of methoxy groups -OCH3 is 1. The van der Waals surface area contributed by atoms with Gasteiger partial charge in [-0.25, -0.2) is 14.5 Å². The molecule has 0 spiro atoms. The summed E-state index contributed by atoms with van der Waals surface area (Å²) in [5.74, 6) is -1.58. The van der Waals surface area contributed by atoms with Crippen molar-refractivity contribution in [2.24, 2.45) is 0 Å². The van der Waals surface area contributed by atoms with Crippen LogP contribution in [-0.2, 0) is 14.3 Å². The monoisotopic (exact) mass is 508 g/mol. The molecule has 4 rings (SSSR count). The second-order valence-electron chi connectivity index (χ2n) is 7.13.